The topological polar surface area (TPSA) is 391 Å². The number of anilines is 1. The number of nitrogens with zero attached hydrogens (tertiary/aromatic N) is 5. The van der Waals surface area contributed by atoms with E-state index in [1.807, 2.05) is 0 Å². The van der Waals surface area contributed by atoms with Crippen LogP contribution in [-0.2, 0) is 55.4 Å². The average Bonchev–Trinajstić information content (AvgIpc) is 3.58. The molecule has 2 heterocycles. The molecule has 1 saturated heterocycles. The van der Waals surface area contributed by atoms with Gasteiger partial charge in [0.2, 0.25) is 5.91 Å². The number of ketones is 1. The van der Waals surface area contributed by atoms with E-state index in [9.17, 15) is 42.7 Å². The Hall–Kier alpha value is -4.57. The molecule has 0 aliphatic carbocycles. The molecule has 1 aromatic carbocycles. The van der Waals surface area contributed by atoms with Crippen LogP contribution in [-0.4, -0.2) is 118 Å². The van der Waals surface area contributed by atoms with Crippen molar-refractivity contribution in [1.82, 2.24) is 20.2 Å². The molecule has 3 rings (SSSR count). The molecule has 4 unspecified atom stereocenters. The smallest absolute Gasteiger partial charge is 0.490 e. The predicted octanol–water partition coefficient (Wildman–Crippen LogP) is 0.787. The van der Waals surface area contributed by atoms with Crippen molar-refractivity contribution in [2.45, 2.75) is 50.8 Å². The summed E-state index contributed by atoms with van der Waals surface area (Å²) in [6.07, 6.45) is -2.26. The first-order valence-corrected chi connectivity index (χ1v) is 22.1. The van der Waals surface area contributed by atoms with E-state index >= 15 is 0 Å². The number of hydrogen-bond acceptors (Lipinski definition) is 18. The maximum atomic E-state index is 12.7. The van der Waals surface area contributed by atoms with E-state index in [2.05, 4.69) is 50.6 Å². The number of phosphoric ester groups is 1. The van der Waals surface area contributed by atoms with Gasteiger partial charge in [0.15, 0.2) is 6.23 Å². The molecule has 1 aliphatic heterocycles. The maximum absolute atomic E-state index is 12.7. The molecule has 0 bridgehead atoms. The Bertz CT molecular complexity index is 2170. The van der Waals surface area contributed by atoms with E-state index in [4.69, 9.17) is 44.7 Å². The third kappa shape index (κ3) is 18.9. The van der Waals surface area contributed by atoms with E-state index in [-0.39, 0.29) is 55.9 Å². The van der Waals surface area contributed by atoms with Gasteiger partial charge in [-0.3, -0.25) is 18.7 Å². The molecule has 27 nitrogen and oxygen atoms in total. The standard InChI is InChI=1S/C31H43N8O19P3/c1-20(40)6-4-11-35-30(42)21-7-3-9-23(14-21)54-19-27(37-38-33)53-13-12-52-18-26(41)34-10-5-8-22-16-39(31(43)36-29(22)32)28-15-24(51-2)25(56-28)17-55-60(47,48)58-61(49,50)57-59(44,45)46/h3,7,9,14,16,24-25,27-28H,4,6,10-13,15,17-19H2,1-2H3,(H,34,41)(H,35,42)(H,47,48)(H,49,50)(H2,32,36,43)(H2,44,45,46)/t24-,25?,27?,28+/m0/s1. The van der Waals surface area contributed by atoms with Gasteiger partial charge in [0.05, 0.1) is 38.0 Å². The van der Waals surface area contributed by atoms with Gasteiger partial charge in [0.1, 0.15) is 42.9 Å². The lowest BCUT2D eigenvalue weighted by Crippen LogP contribution is -2.29. The SMILES string of the molecule is CO[C@H]1C[C@H](n2cc(C#CCNC(=O)COCCOC(COc3cccc(C(=O)NCCCC(C)=O)c3)N=[N+]=[N-])c(N)nc2=O)OC1COP(=O)(O)OP(=O)(O)OP(=O)(O)O. The number of carbonyl (C=O) groups excluding carboxylic acids is 3. The summed E-state index contributed by atoms with van der Waals surface area (Å²) in [4.78, 5) is 91.3. The molecule has 6 atom stereocenters. The largest absolute Gasteiger partial charge is 0.491 e. The number of methoxy groups -OCH3 is 1. The van der Waals surface area contributed by atoms with Gasteiger partial charge in [-0.25, -0.2) is 18.5 Å². The molecule has 1 aromatic heterocycles. The number of azide groups is 1. The first kappa shape index (κ1) is 50.8. The van der Waals surface area contributed by atoms with E-state index in [0.29, 0.717) is 30.7 Å². The Morgan fingerprint density at radius 2 is 1.90 bits per heavy atom. The molecule has 1 fully saturated rings. The first-order valence-electron chi connectivity index (χ1n) is 17.6. The van der Waals surface area contributed by atoms with Crippen molar-refractivity contribution < 1.29 is 84.5 Å². The van der Waals surface area contributed by atoms with E-state index < -0.39 is 72.9 Å². The van der Waals surface area contributed by atoms with Crippen molar-refractivity contribution >= 4 is 46.9 Å². The van der Waals surface area contributed by atoms with Gasteiger partial charge in [-0.1, -0.05) is 23.0 Å². The quantitative estimate of drug-likeness (QED) is 0.0181. The molecular formula is C31H43N8O19P3. The van der Waals surface area contributed by atoms with E-state index in [1.54, 1.807) is 18.2 Å². The van der Waals surface area contributed by atoms with Crippen LogP contribution < -0.4 is 26.8 Å². The summed E-state index contributed by atoms with van der Waals surface area (Å²) in [5, 5.41) is 8.72. The first-order chi connectivity index (χ1) is 28.7. The second-order valence-corrected chi connectivity index (χ2v) is 16.7. The molecule has 0 saturated carbocycles. The van der Waals surface area contributed by atoms with E-state index in [0.717, 1.165) is 4.57 Å². The Morgan fingerprint density at radius 1 is 1.15 bits per heavy atom. The van der Waals surface area contributed by atoms with Gasteiger partial charge < -0.3 is 64.4 Å². The van der Waals surface area contributed by atoms with Crippen molar-refractivity contribution in [2.75, 3.05) is 59.0 Å². The zero-order valence-corrected chi connectivity index (χ0v) is 35.0. The second-order valence-electron chi connectivity index (χ2n) is 12.3. The third-order valence-electron chi connectivity index (χ3n) is 7.62. The lowest BCUT2D eigenvalue weighted by molar-refractivity contribution is -0.126. The number of hydrogen-bond donors (Lipinski definition) is 7. The molecule has 61 heavy (non-hydrogen) atoms. The predicted molar refractivity (Wildman–Crippen MR) is 206 cm³/mol. The summed E-state index contributed by atoms with van der Waals surface area (Å²) in [6.45, 7) is 0.0133. The van der Waals surface area contributed by atoms with Crippen LogP contribution in [0.1, 0.15) is 48.3 Å². The number of ether oxygens (including phenoxy) is 5. The van der Waals surface area contributed by atoms with Crippen molar-refractivity contribution in [3.8, 4) is 17.6 Å². The normalized spacial score (nSPS) is 18.6. The highest BCUT2D eigenvalue weighted by Crippen LogP contribution is 2.66. The Labute approximate surface area is 346 Å². The number of phosphoric acid groups is 3. The monoisotopic (exact) mass is 924 g/mol. The summed E-state index contributed by atoms with van der Waals surface area (Å²) >= 11 is 0. The fraction of sp³-hybridized carbons (Fsp3) is 0.516. The van der Waals surface area contributed by atoms with Gasteiger partial charge in [0.25, 0.3) is 5.91 Å². The average molecular weight is 925 g/mol. The fourth-order valence-electron chi connectivity index (χ4n) is 4.97. The van der Waals surface area contributed by atoms with Crippen LogP contribution in [0.4, 0.5) is 5.82 Å². The summed E-state index contributed by atoms with van der Waals surface area (Å²) in [6, 6.07) is 6.27. The number of benzene rings is 1. The number of aromatic nitrogens is 2. The third-order valence-corrected chi connectivity index (χ3v) is 11.4. The summed E-state index contributed by atoms with van der Waals surface area (Å²) in [7, 11) is -15.6. The number of carbonyl (C=O) groups is 3. The number of Topliss-reactive ketones (excluding diaryl/α,β-unsaturated/α-hetero) is 1. The van der Waals surface area contributed by atoms with Crippen LogP contribution in [0.25, 0.3) is 10.4 Å². The van der Waals surface area contributed by atoms with E-state index in [1.165, 1.54) is 26.3 Å². The van der Waals surface area contributed by atoms with Crippen LogP contribution in [0.3, 0.4) is 0 Å². The molecule has 30 heteroatoms. The van der Waals surface area contributed by atoms with Crippen molar-refractivity contribution in [3.05, 3.63) is 62.5 Å². The Kier molecular flexibility index (Phi) is 20.1. The molecule has 0 spiro atoms. The highest BCUT2D eigenvalue weighted by atomic mass is 31.3. The van der Waals surface area contributed by atoms with Gasteiger partial charge in [0, 0.05) is 43.2 Å². The van der Waals surface area contributed by atoms with Crippen LogP contribution in [0, 0.1) is 11.8 Å². The fourth-order valence-corrected chi connectivity index (χ4v) is 8.00. The number of nitrogens with two attached hydrogens (primary N) is 1. The number of nitrogens with one attached hydrogen (secondary N) is 2. The number of nitrogen functional groups attached to an aromatic ring is 1. The van der Waals surface area contributed by atoms with Crippen LogP contribution in [0.15, 0.2) is 40.4 Å². The second kappa shape index (κ2) is 24.2. The molecule has 2 aromatic rings. The molecule has 336 valence electrons. The lowest BCUT2D eigenvalue weighted by Gasteiger charge is -2.20. The minimum Gasteiger partial charge on any atom is -0.491 e. The summed E-state index contributed by atoms with van der Waals surface area (Å²) in [5.74, 6) is 4.46. The number of amides is 2. The molecule has 0 radical (unpaired) electrons. The molecule has 2 amide bonds. The van der Waals surface area contributed by atoms with Crippen LogP contribution in [0.2, 0.25) is 0 Å². The zero-order chi connectivity index (χ0) is 45.2. The van der Waals surface area contributed by atoms with Crippen molar-refractivity contribution in [3.63, 3.8) is 0 Å². The Balaban J connectivity index is 1.44. The molecule has 8 N–H and O–H groups in total. The minimum atomic E-state index is -5.76. The highest BCUT2D eigenvalue weighted by Gasteiger charge is 2.43. The maximum Gasteiger partial charge on any atom is 0.490 e. The minimum absolute atomic E-state index is 0.0266. The van der Waals surface area contributed by atoms with Crippen molar-refractivity contribution in [1.29, 1.82) is 0 Å². The number of rotatable bonds is 25. The zero-order valence-electron chi connectivity index (χ0n) is 32.3. The molecular weight excluding hydrogens is 881 g/mol. The van der Waals surface area contributed by atoms with Gasteiger partial charge in [-0.15, -0.1) is 0 Å². The van der Waals surface area contributed by atoms with Crippen LogP contribution in [0.5, 0.6) is 5.75 Å². The van der Waals surface area contributed by atoms with Crippen molar-refractivity contribution in [2.24, 2.45) is 5.11 Å². The van der Waals surface area contributed by atoms with Crippen LogP contribution >= 0.6 is 23.5 Å². The lowest BCUT2D eigenvalue weighted by atomic mass is 10.2. The van der Waals surface area contributed by atoms with Gasteiger partial charge in [-0.05, 0) is 37.1 Å². The van der Waals surface area contributed by atoms with Gasteiger partial charge >= 0.3 is 29.2 Å². The highest BCUT2D eigenvalue weighted by molar-refractivity contribution is 7.66. The Morgan fingerprint density at radius 3 is 2.59 bits per heavy atom. The molecule has 1 aliphatic rings. The summed E-state index contributed by atoms with van der Waals surface area (Å²) < 4.78 is 74.9. The summed E-state index contributed by atoms with van der Waals surface area (Å²) in [5.41, 5.74) is 14.3. The van der Waals surface area contributed by atoms with Gasteiger partial charge in [-0.2, -0.15) is 13.6 Å².